The summed E-state index contributed by atoms with van der Waals surface area (Å²) in [5.41, 5.74) is 7.83. The molecule has 1 aromatic carbocycles. The molecule has 1 aliphatic rings. The summed E-state index contributed by atoms with van der Waals surface area (Å²) in [6.07, 6.45) is 2.26. The van der Waals surface area contributed by atoms with Crippen LogP contribution in [-0.4, -0.2) is 31.2 Å². The molecule has 4 heteroatoms. The Morgan fingerprint density at radius 2 is 2.12 bits per heavy atom. The van der Waals surface area contributed by atoms with Crippen LogP contribution in [0.15, 0.2) is 22.7 Å². The van der Waals surface area contributed by atoms with E-state index in [1.54, 1.807) is 0 Å². The van der Waals surface area contributed by atoms with E-state index in [1.165, 1.54) is 5.56 Å². The summed E-state index contributed by atoms with van der Waals surface area (Å²) >= 11 is 3.57. The molecule has 94 valence electrons. The van der Waals surface area contributed by atoms with Crippen LogP contribution in [0.25, 0.3) is 0 Å². The lowest BCUT2D eigenvalue weighted by Gasteiger charge is -2.31. The van der Waals surface area contributed by atoms with Crippen molar-refractivity contribution in [2.45, 2.75) is 25.4 Å². The van der Waals surface area contributed by atoms with Gasteiger partial charge >= 0.3 is 0 Å². The first kappa shape index (κ1) is 12.9. The first-order valence-corrected chi connectivity index (χ1v) is 6.78. The van der Waals surface area contributed by atoms with Crippen LogP contribution in [0.5, 0.6) is 0 Å². The van der Waals surface area contributed by atoms with Crippen LogP contribution in [-0.2, 0) is 11.3 Å². The fraction of sp³-hybridized carbons (Fsp3) is 0.538. The van der Waals surface area contributed by atoms with E-state index in [0.29, 0.717) is 6.04 Å². The molecule has 1 fully saturated rings. The second kappa shape index (κ2) is 5.85. The number of nitrogen functional groups attached to an aromatic ring is 1. The molecule has 0 radical (unpaired) electrons. The minimum atomic E-state index is 0.633. The Morgan fingerprint density at radius 1 is 1.41 bits per heavy atom. The van der Waals surface area contributed by atoms with E-state index >= 15 is 0 Å². The van der Waals surface area contributed by atoms with E-state index in [4.69, 9.17) is 10.5 Å². The summed E-state index contributed by atoms with van der Waals surface area (Å²) in [6.45, 7) is 2.72. The number of nitrogens with zero attached hydrogens (tertiary/aromatic N) is 1. The van der Waals surface area contributed by atoms with Gasteiger partial charge in [0.1, 0.15) is 0 Å². The molecule has 0 atom stereocenters. The van der Waals surface area contributed by atoms with Gasteiger partial charge in [-0.15, -0.1) is 0 Å². The largest absolute Gasteiger partial charge is 0.399 e. The predicted octanol–water partition coefficient (Wildman–Crippen LogP) is 2.64. The minimum absolute atomic E-state index is 0.633. The molecule has 1 heterocycles. The molecule has 0 unspecified atom stereocenters. The molecule has 0 amide bonds. The molecule has 0 spiro atoms. The van der Waals surface area contributed by atoms with Gasteiger partial charge < -0.3 is 10.5 Å². The first-order chi connectivity index (χ1) is 8.16. The fourth-order valence-electron chi connectivity index (χ4n) is 2.22. The van der Waals surface area contributed by atoms with Crippen LogP contribution < -0.4 is 5.73 Å². The van der Waals surface area contributed by atoms with Gasteiger partial charge in [-0.05, 0) is 37.6 Å². The van der Waals surface area contributed by atoms with Crippen molar-refractivity contribution in [3.05, 3.63) is 28.2 Å². The number of anilines is 1. The summed E-state index contributed by atoms with van der Waals surface area (Å²) in [5, 5.41) is 0. The Kier molecular flexibility index (Phi) is 4.42. The number of benzene rings is 1. The van der Waals surface area contributed by atoms with Crippen LogP contribution in [0.2, 0.25) is 0 Å². The van der Waals surface area contributed by atoms with E-state index in [2.05, 4.69) is 33.9 Å². The molecule has 0 bridgehead atoms. The Balaban J connectivity index is 1.99. The lowest BCUT2D eigenvalue weighted by molar-refractivity contribution is 0.0406. The van der Waals surface area contributed by atoms with Crippen LogP contribution in [0.1, 0.15) is 18.4 Å². The average molecular weight is 299 g/mol. The van der Waals surface area contributed by atoms with E-state index in [-0.39, 0.29) is 0 Å². The number of rotatable bonds is 3. The summed E-state index contributed by atoms with van der Waals surface area (Å²) in [4.78, 5) is 2.40. The molecule has 0 saturated carbocycles. The zero-order chi connectivity index (χ0) is 12.3. The van der Waals surface area contributed by atoms with Gasteiger partial charge in [0.25, 0.3) is 0 Å². The van der Waals surface area contributed by atoms with Gasteiger partial charge in [-0.2, -0.15) is 0 Å². The Bertz CT molecular complexity index is 378. The summed E-state index contributed by atoms with van der Waals surface area (Å²) in [5.74, 6) is 0. The number of hydrogen-bond donors (Lipinski definition) is 1. The highest BCUT2D eigenvalue weighted by Gasteiger charge is 2.18. The Morgan fingerprint density at radius 3 is 2.76 bits per heavy atom. The highest BCUT2D eigenvalue weighted by molar-refractivity contribution is 9.10. The van der Waals surface area contributed by atoms with Crippen molar-refractivity contribution < 1.29 is 4.74 Å². The molecule has 1 aliphatic heterocycles. The van der Waals surface area contributed by atoms with Gasteiger partial charge in [-0.3, -0.25) is 4.90 Å². The molecule has 1 saturated heterocycles. The maximum atomic E-state index is 5.74. The number of nitrogens with two attached hydrogens (primary N) is 1. The standard InChI is InChI=1S/C13H19BrN2O/c1-16(12-4-6-17-7-5-12)9-10-2-3-11(15)8-13(10)14/h2-3,8,12H,4-7,9,15H2,1H3. The van der Waals surface area contributed by atoms with Crippen molar-refractivity contribution in [1.82, 2.24) is 4.90 Å². The van der Waals surface area contributed by atoms with Gasteiger partial charge in [0.2, 0.25) is 0 Å². The quantitative estimate of drug-likeness (QED) is 0.872. The Hall–Kier alpha value is -0.580. The third-order valence-electron chi connectivity index (χ3n) is 3.31. The Labute approximate surface area is 111 Å². The lowest BCUT2D eigenvalue weighted by atomic mass is 10.1. The number of hydrogen-bond acceptors (Lipinski definition) is 3. The minimum Gasteiger partial charge on any atom is -0.399 e. The van der Waals surface area contributed by atoms with E-state index in [9.17, 15) is 0 Å². The molecule has 3 nitrogen and oxygen atoms in total. The average Bonchev–Trinajstić information content (AvgIpc) is 2.34. The maximum absolute atomic E-state index is 5.74. The third-order valence-corrected chi connectivity index (χ3v) is 4.05. The highest BCUT2D eigenvalue weighted by atomic mass is 79.9. The van der Waals surface area contributed by atoms with Crippen molar-refractivity contribution >= 4 is 21.6 Å². The molecular formula is C13H19BrN2O. The molecule has 1 aromatic rings. The zero-order valence-electron chi connectivity index (χ0n) is 10.2. The smallest absolute Gasteiger partial charge is 0.0480 e. The molecule has 17 heavy (non-hydrogen) atoms. The molecule has 0 aliphatic carbocycles. The monoisotopic (exact) mass is 298 g/mol. The second-order valence-corrected chi connectivity index (χ2v) is 5.46. The number of ether oxygens (including phenoxy) is 1. The predicted molar refractivity (Wildman–Crippen MR) is 73.9 cm³/mol. The van der Waals surface area contributed by atoms with Gasteiger partial charge in [0, 0.05) is 36.0 Å². The maximum Gasteiger partial charge on any atom is 0.0480 e. The molecule has 0 aromatic heterocycles. The molecular weight excluding hydrogens is 280 g/mol. The van der Waals surface area contributed by atoms with Gasteiger partial charge in [0.15, 0.2) is 0 Å². The first-order valence-electron chi connectivity index (χ1n) is 5.98. The van der Waals surface area contributed by atoms with Crippen molar-refractivity contribution in [3.63, 3.8) is 0 Å². The topological polar surface area (TPSA) is 38.5 Å². The van der Waals surface area contributed by atoms with E-state index in [1.807, 2.05) is 12.1 Å². The van der Waals surface area contributed by atoms with Crippen LogP contribution >= 0.6 is 15.9 Å². The van der Waals surface area contributed by atoms with Gasteiger partial charge in [0.05, 0.1) is 0 Å². The van der Waals surface area contributed by atoms with Crippen molar-refractivity contribution in [2.24, 2.45) is 0 Å². The van der Waals surface area contributed by atoms with Crippen molar-refractivity contribution in [2.75, 3.05) is 26.0 Å². The molecule has 2 rings (SSSR count). The number of halogens is 1. The zero-order valence-corrected chi connectivity index (χ0v) is 11.7. The fourth-order valence-corrected chi connectivity index (χ4v) is 2.74. The van der Waals surface area contributed by atoms with Gasteiger partial charge in [-0.25, -0.2) is 0 Å². The summed E-state index contributed by atoms with van der Waals surface area (Å²) in [7, 11) is 2.18. The van der Waals surface area contributed by atoms with Crippen LogP contribution in [0.3, 0.4) is 0 Å². The van der Waals surface area contributed by atoms with Crippen molar-refractivity contribution in [1.29, 1.82) is 0 Å². The normalized spacial score (nSPS) is 17.6. The SMILES string of the molecule is CN(Cc1ccc(N)cc1Br)C1CCOCC1. The van der Waals surface area contributed by atoms with E-state index in [0.717, 1.165) is 42.8 Å². The third kappa shape index (κ3) is 3.44. The van der Waals surface area contributed by atoms with Crippen LogP contribution in [0.4, 0.5) is 5.69 Å². The summed E-state index contributed by atoms with van der Waals surface area (Å²) < 4.78 is 6.48. The van der Waals surface area contributed by atoms with Crippen molar-refractivity contribution in [3.8, 4) is 0 Å². The summed E-state index contributed by atoms with van der Waals surface area (Å²) in [6, 6.07) is 6.65. The second-order valence-electron chi connectivity index (χ2n) is 4.61. The van der Waals surface area contributed by atoms with Gasteiger partial charge in [-0.1, -0.05) is 22.0 Å². The van der Waals surface area contributed by atoms with E-state index < -0.39 is 0 Å². The highest BCUT2D eigenvalue weighted by Crippen LogP contribution is 2.23. The lowest BCUT2D eigenvalue weighted by Crippen LogP contribution is -2.36. The van der Waals surface area contributed by atoms with Crippen LogP contribution in [0, 0.1) is 0 Å². The molecule has 2 N–H and O–H groups in total.